The van der Waals surface area contributed by atoms with Crippen LogP contribution in [-0.4, -0.2) is 33.2 Å². The molecule has 1 unspecified atom stereocenters. The smallest absolute Gasteiger partial charge is 0.242 e. The summed E-state index contributed by atoms with van der Waals surface area (Å²) in [5.74, 6) is -0.234. The first kappa shape index (κ1) is 19.0. The second-order valence-corrected chi connectivity index (χ2v) is 8.60. The highest BCUT2D eigenvalue weighted by atomic mass is 35.5. The number of amides is 2. The molecular weight excluding hydrogens is 394 g/mol. The van der Waals surface area contributed by atoms with Crippen LogP contribution in [0.1, 0.15) is 24.8 Å². The molecule has 2 aliphatic rings. The maximum absolute atomic E-state index is 12.9. The van der Waals surface area contributed by atoms with Gasteiger partial charge in [-0.1, -0.05) is 47.6 Å². The van der Waals surface area contributed by atoms with Gasteiger partial charge < -0.3 is 5.32 Å². The largest absolute Gasteiger partial charge is 0.326 e. The Morgan fingerprint density at radius 3 is 2.75 bits per heavy atom. The van der Waals surface area contributed by atoms with Gasteiger partial charge in [-0.3, -0.25) is 14.5 Å². The number of hydrogen-bond donors (Lipinski definition) is 1. The average Bonchev–Trinajstić information content (AvgIpc) is 3.43. The molecule has 1 N–H and O–H groups in total. The van der Waals surface area contributed by atoms with Crippen LogP contribution in [0.15, 0.2) is 53.5 Å². The number of halogens is 1. The molecule has 28 heavy (non-hydrogen) atoms. The molecule has 2 amide bonds. The molecule has 0 bridgehead atoms. The summed E-state index contributed by atoms with van der Waals surface area (Å²) in [7, 11) is 0. The Balaban J connectivity index is 1.50. The van der Waals surface area contributed by atoms with Crippen molar-refractivity contribution in [1.29, 1.82) is 0 Å². The number of aryl methyl sites for hydroxylation is 1. The summed E-state index contributed by atoms with van der Waals surface area (Å²) in [6.45, 7) is 2.00. The van der Waals surface area contributed by atoms with Crippen LogP contribution in [-0.2, 0) is 9.59 Å². The van der Waals surface area contributed by atoms with E-state index in [0.717, 1.165) is 24.1 Å². The predicted molar refractivity (Wildman–Crippen MR) is 114 cm³/mol. The number of benzene rings is 2. The molecule has 7 heteroatoms. The maximum Gasteiger partial charge on any atom is 0.242 e. The number of carbonyl (C=O) groups excluding carboxylic acids is 2. The Bertz CT molecular complexity index is 958. The van der Waals surface area contributed by atoms with E-state index in [4.69, 9.17) is 16.6 Å². The van der Waals surface area contributed by atoms with Gasteiger partial charge in [0.25, 0.3) is 0 Å². The van der Waals surface area contributed by atoms with Gasteiger partial charge in [-0.15, -0.1) is 0 Å². The van der Waals surface area contributed by atoms with Gasteiger partial charge in [0.1, 0.15) is 5.25 Å². The fourth-order valence-electron chi connectivity index (χ4n) is 3.10. The van der Waals surface area contributed by atoms with E-state index in [1.165, 1.54) is 11.8 Å². The van der Waals surface area contributed by atoms with E-state index in [1.807, 2.05) is 31.2 Å². The Hall–Kier alpha value is -2.31. The van der Waals surface area contributed by atoms with E-state index in [-0.39, 0.29) is 24.3 Å². The van der Waals surface area contributed by atoms with Gasteiger partial charge in [0.15, 0.2) is 5.17 Å². The van der Waals surface area contributed by atoms with Crippen molar-refractivity contribution in [3.8, 4) is 0 Å². The Morgan fingerprint density at radius 1 is 1.25 bits per heavy atom. The first-order valence-corrected chi connectivity index (χ1v) is 10.5. The third-order valence-corrected chi connectivity index (χ3v) is 6.08. The zero-order valence-electron chi connectivity index (χ0n) is 15.4. The van der Waals surface area contributed by atoms with Crippen LogP contribution < -0.4 is 5.32 Å². The molecule has 1 atom stereocenters. The molecule has 5 nitrogen and oxygen atoms in total. The van der Waals surface area contributed by atoms with E-state index in [2.05, 4.69) is 5.32 Å². The summed E-state index contributed by atoms with van der Waals surface area (Å²) in [6, 6.07) is 15.0. The quantitative estimate of drug-likeness (QED) is 0.767. The molecule has 2 aromatic carbocycles. The standard InChI is InChI=1S/C21H20ClN3O2S/c1-13-5-2-3-8-17(13)24-21-25(16-9-10-16)20(27)18(28-21)12-19(26)23-15-7-4-6-14(22)11-15/h2-8,11,16,18H,9-10,12H2,1H3,(H,23,26). The minimum absolute atomic E-state index is 0.0268. The molecule has 2 fully saturated rings. The minimum atomic E-state index is -0.456. The van der Waals surface area contributed by atoms with E-state index >= 15 is 0 Å². The van der Waals surface area contributed by atoms with E-state index in [9.17, 15) is 9.59 Å². The van der Waals surface area contributed by atoms with Gasteiger partial charge in [-0.05, 0) is 49.6 Å². The molecule has 1 heterocycles. The fourth-order valence-corrected chi connectivity index (χ4v) is 4.50. The topological polar surface area (TPSA) is 61.8 Å². The molecule has 0 aromatic heterocycles. The van der Waals surface area contributed by atoms with Gasteiger partial charge in [-0.25, -0.2) is 4.99 Å². The van der Waals surface area contributed by atoms with Crippen molar-refractivity contribution < 1.29 is 9.59 Å². The highest BCUT2D eigenvalue weighted by Gasteiger charge is 2.46. The number of hydrogen-bond acceptors (Lipinski definition) is 4. The number of amidine groups is 1. The lowest BCUT2D eigenvalue weighted by molar-refractivity contribution is -0.128. The molecular formula is C21H20ClN3O2S. The minimum Gasteiger partial charge on any atom is -0.326 e. The van der Waals surface area contributed by atoms with Crippen LogP contribution in [0.2, 0.25) is 5.02 Å². The number of anilines is 1. The number of aliphatic imine (C=N–C) groups is 1. The van der Waals surface area contributed by atoms with Gasteiger partial charge in [0.05, 0.1) is 5.69 Å². The van der Waals surface area contributed by atoms with Crippen molar-refractivity contribution in [3.63, 3.8) is 0 Å². The van der Waals surface area contributed by atoms with Crippen molar-refractivity contribution in [2.24, 2.45) is 4.99 Å². The van der Waals surface area contributed by atoms with Crippen LogP contribution in [0.5, 0.6) is 0 Å². The number of para-hydroxylation sites is 1. The second-order valence-electron chi connectivity index (χ2n) is 6.99. The average molecular weight is 414 g/mol. The van der Waals surface area contributed by atoms with Crippen molar-refractivity contribution in [2.75, 3.05) is 5.32 Å². The zero-order valence-corrected chi connectivity index (χ0v) is 17.0. The molecule has 0 spiro atoms. The summed E-state index contributed by atoms with van der Waals surface area (Å²) in [5, 5.41) is 3.61. The first-order chi connectivity index (χ1) is 13.5. The second kappa shape index (κ2) is 7.97. The van der Waals surface area contributed by atoms with Gasteiger partial charge in [0, 0.05) is 23.2 Å². The monoisotopic (exact) mass is 413 g/mol. The SMILES string of the molecule is Cc1ccccc1N=C1SC(CC(=O)Nc2cccc(Cl)c2)C(=O)N1C1CC1. The Morgan fingerprint density at radius 2 is 2.04 bits per heavy atom. The first-order valence-electron chi connectivity index (χ1n) is 9.21. The van der Waals surface area contributed by atoms with Gasteiger partial charge in [-0.2, -0.15) is 0 Å². The highest BCUT2D eigenvalue weighted by Crippen LogP contribution is 2.39. The highest BCUT2D eigenvalue weighted by molar-refractivity contribution is 8.15. The van der Waals surface area contributed by atoms with Crippen LogP contribution in [0.25, 0.3) is 0 Å². The van der Waals surface area contributed by atoms with E-state index < -0.39 is 5.25 Å². The lowest BCUT2D eigenvalue weighted by atomic mass is 10.2. The molecule has 144 valence electrons. The van der Waals surface area contributed by atoms with Crippen molar-refractivity contribution >= 4 is 51.7 Å². The summed E-state index contributed by atoms with van der Waals surface area (Å²) >= 11 is 7.34. The number of nitrogens with one attached hydrogen (secondary N) is 1. The van der Waals surface area contributed by atoms with Crippen LogP contribution in [0.3, 0.4) is 0 Å². The van der Waals surface area contributed by atoms with Crippen LogP contribution in [0.4, 0.5) is 11.4 Å². The van der Waals surface area contributed by atoms with Crippen molar-refractivity contribution in [3.05, 3.63) is 59.1 Å². The summed E-state index contributed by atoms with van der Waals surface area (Å²) in [4.78, 5) is 31.9. The molecule has 2 aromatic rings. The van der Waals surface area contributed by atoms with Crippen LogP contribution in [0, 0.1) is 6.92 Å². The number of carbonyl (C=O) groups is 2. The lowest BCUT2D eigenvalue weighted by Crippen LogP contribution is -2.35. The molecule has 1 aliphatic heterocycles. The van der Waals surface area contributed by atoms with Crippen molar-refractivity contribution in [2.45, 2.75) is 37.5 Å². The number of thioether (sulfide) groups is 1. The molecule has 1 saturated heterocycles. The Kier molecular flexibility index (Phi) is 5.42. The number of nitrogens with zero attached hydrogens (tertiary/aromatic N) is 2. The normalized spacial score (nSPS) is 20.6. The molecule has 4 rings (SSSR count). The maximum atomic E-state index is 12.9. The summed E-state index contributed by atoms with van der Waals surface area (Å²) in [5.41, 5.74) is 2.54. The van der Waals surface area contributed by atoms with Crippen molar-refractivity contribution in [1.82, 2.24) is 4.90 Å². The number of rotatable bonds is 5. The van der Waals surface area contributed by atoms with E-state index in [1.54, 1.807) is 29.2 Å². The summed E-state index contributed by atoms with van der Waals surface area (Å²) < 4.78 is 0. The third-order valence-electron chi connectivity index (χ3n) is 4.69. The van der Waals surface area contributed by atoms with Gasteiger partial charge in [0.2, 0.25) is 11.8 Å². The van der Waals surface area contributed by atoms with E-state index in [0.29, 0.717) is 15.9 Å². The van der Waals surface area contributed by atoms with Crippen LogP contribution >= 0.6 is 23.4 Å². The Labute approximate surface area is 173 Å². The fraction of sp³-hybridized carbons (Fsp3) is 0.286. The lowest BCUT2D eigenvalue weighted by Gasteiger charge is -2.15. The zero-order chi connectivity index (χ0) is 19.7. The third kappa shape index (κ3) is 4.23. The molecule has 0 radical (unpaired) electrons. The summed E-state index contributed by atoms with van der Waals surface area (Å²) in [6.07, 6.45) is 2.08. The predicted octanol–water partition coefficient (Wildman–Crippen LogP) is 4.77. The molecule has 1 aliphatic carbocycles. The van der Waals surface area contributed by atoms with Gasteiger partial charge >= 0.3 is 0 Å². The molecule has 1 saturated carbocycles.